The van der Waals surface area contributed by atoms with E-state index in [1.807, 2.05) is 0 Å². The van der Waals surface area contributed by atoms with Crippen molar-refractivity contribution in [2.75, 3.05) is 0 Å². The number of carbonyl (C=O) groups is 1. The molecule has 16 heavy (non-hydrogen) atoms. The molecule has 2 heterocycles. The van der Waals surface area contributed by atoms with Gasteiger partial charge in [0.2, 0.25) is 5.78 Å². The molecule has 2 aromatic rings. The summed E-state index contributed by atoms with van der Waals surface area (Å²) in [4.78, 5) is 28.2. The second-order valence-electron chi connectivity index (χ2n) is 3.12. The lowest BCUT2D eigenvalue weighted by atomic mass is 10.1. The Balaban J connectivity index is 2.68. The lowest BCUT2D eigenvalue weighted by Crippen LogP contribution is -2.18. The Labute approximate surface area is 105 Å². The minimum absolute atomic E-state index is 0.182. The molecule has 0 aliphatic rings. The first kappa shape index (κ1) is 11.5. The van der Waals surface area contributed by atoms with E-state index >= 15 is 0 Å². The molecule has 2 rings (SSSR count). The van der Waals surface area contributed by atoms with Crippen LogP contribution in [0.3, 0.4) is 0 Å². The molecule has 7 heteroatoms. The van der Waals surface area contributed by atoms with Crippen molar-refractivity contribution < 1.29 is 4.79 Å². The molecular weight excluding hydrogens is 274 g/mol. The van der Waals surface area contributed by atoms with Gasteiger partial charge < -0.3 is 9.97 Å². The Hall–Kier alpha value is -0.970. The average Bonchev–Trinajstić information content (AvgIpc) is 2.60. The standard InChI is InChI=1S/C9H5Cl3N2O2/c10-9(11,12)7(15)5-3-14-6-4(5)1-2-13-8(6)16/h1-3,14H,(H,13,16). The molecular formula is C9H5Cl3N2O2. The SMILES string of the molecule is O=C(c1c[nH]c2c(=O)[nH]ccc12)C(Cl)(Cl)Cl. The second kappa shape index (κ2) is 3.80. The number of pyridine rings is 1. The first-order chi connectivity index (χ1) is 7.41. The Morgan fingerprint density at radius 2 is 1.94 bits per heavy atom. The molecule has 0 aliphatic heterocycles. The van der Waals surface area contributed by atoms with Crippen molar-refractivity contribution in [3.63, 3.8) is 0 Å². The number of H-pyrrole nitrogens is 2. The quantitative estimate of drug-likeness (QED) is 0.622. The van der Waals surface area contributed by atoms with Gasteiger partial charge in [-0.3, -0.25) is 9.59 Å². The van der Waals surface area contributed by atoms with Gasteiger partial charge in [-0.15, -0.1) is 0 Å². The van der Waals surface area contributed by atoms with Crippen LogP contribution in [0.15, 0.2) is 23.3 Å². The lowest BCUT2D eigenvalue weighted by molar-refractivity contribution is 0.0998. The predicted molar refractivity (Wildman–Crippen MR) is 63.5 cm³/mol. The van der Waals surface area contributed by atoms with Crippen LogP contribution in [0.5, 0.6) is 0 Å². The number of aromatic nitrogens is 2. The van der Waals surface area contributed by atoms with Gasteiger partial charge in [0.25, 0.3) is 9.35 Å². The van der Waals surface area contributed by atoms with Crippen LogP contribution in [0, 0.1) is 0 Å². The maximum atomic E-state index is 11.7. The highest BCUT2D eigenvalue weighted by molar-refractivity contribution is 6.77. The lowest BCUT2D eigenvalue weighted by Gasteiger charge is -2.07. The summed E-state index contributed by atoms with van der Waals surface area (Å²) in [5.41, 5.74) is 0.127. The smallest absolute Gasteiger partial charge is 0.272 e. The summed E-state index contributed by atoms with van der Waals surface area (Å²) in [6.45, 7) is 0. The number of rotatable bonds is 1. The fourth-order valence-electron chi connectivity index (χ4n) is 1.41. The van der Waals surface area contributed by atoms with E-state index in [1.165, 1.54) is 12.4 Å². The number of fused-ring (bicyclic) bond motifs is 1. The van der Waals surface area contributed by atoms with E-state index < -0.39 is 9.58 Å². The first-order valence-corrected chi connectivity index (χ1v) is 5.35. The molecule has 0 spiro atoms. The zero-order chi connectivity index (χ0) is 11.9. The Bertz CT molecular complexity index is 609. The number of hydrogen-bond donors (Lipinski definition) is 2. The average molecular weight is 280 g/mol. The molecule has 4 nitrogen and oxygen atoms in total. The van der Waals surface area contributed by atoms with Crippen molar-refractivity contribution >= 4 is 51.5 Å². The summed E-state index contributed by atoms with van der Waals surface area (Å²) >= 11 is 16.5. The molecule has 0 atom stereocenters. The van der Waals surface area contributed by atoms with E-state index in [4.69, 9.17) is 34.8 Å². The number of nitrogens with one attached hydrogen (secondary N) is 2. The third-order valence-electron chi connectivity index (χ3n) is 2.11. The molecule has 0 radical (unpaired) electrons. The fraction of sp³-hybridized carbons (Fsp3) is 0.111. The van der Waals surface area contributed by atoms with Crippen molar-refractivity contribution in [3.8, 4) is 0 Å². The summed E-state index contributed by atoms with van der Waals surface area (Å²) in [5, 5.41) is 0.431. The molecule has 0 aromatic carbocycles. The summed E-state index contributed by atoms with van der Waals surface area (Å²) in [6.07, 6.45) is 2.78. The van der Waals surface area contributed by atoms with E-state index in [9.17, 15) is 9.59 Å². The van der Waals surface area contributed by atoms with Crippen LogP contribution in [-0.4, -0.2) is 19.5 Å². The van der Waals surface area contributed by atoms with E-state index in [2.05, 4.69) is 9.97 Å². The van der Waals surface area contributed by atoms with Gasteiger partial charge in [0.05, 0.1) is 0 Å². The number of Topliss-reactive ketones (excluding diaryl/α,β-unsaturated/α-hetero) is 1. The van der Waals surface area contributed by atoms with Gasteiger partial charge >= 0.3 is 0 Å². The zero-order valence-electron chi connectivity index (χ0n) is 7.68. The molecule has 0 bridgehead atoms. The fourth-order valence-corrected chi connectivity index (χ4v) is 1.71. The number of alkyl halides is 3. The van der Waals surface area contributed by atoms with Crippen LogP contribution >= 0.6 is 34.8 Å². The van der Waals surface area contributed by atoms with Crippen LogP contribution in [0.2, 0.25) is 0 Å². The Morgan fingerprint density at radius 1 is 1.25 bits per heavy atom. The van der Waals surface area contributed by atoms with Gasteiger partial charge in [-0.05, 0) is 6.07 Å². The molecule has 84 valence electrons. The summed E-state index contributed by atoms with van der Waals surface area (Å²) in [6, 6.07) is 1.57. The molecule has 2 N–H and O–H groups in total. The molecule has 0 saturated heterocycles. The van der Waals surface area contributed by atoms with Crippen molar-refractivity contribution in [2.45, 2.75) is 3.79 Å². The van der Waals surface area contributed by atoms with Gasteiger partial charge in [0, 0.05) is 23.3 Å². The second-order valence-corrected chi connectivity index (χ2v) is 5.41. The van der Waals surface area contributed by atoms with Crippen LogP contribution in [0.4, 0.5) is 0 Å². The third-order valence-corrected chi connectivity index (χ3v) is 2.63. The van der Waals surface area contributed by atoms with Crippen LogP contribution in [0.25, 0.3) is 10.9 Å². The molecule has 0 fully saturated rings. The monoisotopic (exact) mass is 278 g/mol. The van der Waals surface area contributed by atoms with E-state index in [-0.39, 0.29) is 16.6 Å². The van der Waals surface area contributed by atoms with Crippen molar-refractivity contribution in [3.05, 3.63) is 34.4 Å². The van der Waals surface area contributed by atoms with Gasteiger partial charge in [-0.2, -0.15) is 0 Å². The third kappa shape index (κ3) is 1.84. The number of aromatic amines is 2. The van der Waals surface area contributed by atoms with Crippen LogP contribution in [0.1, 0.15) is 10.4 Å². The number of carbonyl (C=O) groups excluding carboxylic acids is 1. The summed E-state index contributed by atoms with van der Waals surface area (Å²) < 4.78 is -2.03. The highest BCUT2D eigenvalue weighted by atomic mass is 35.6. The minimum Gasteiger partial charge on any atom is -0.356 e. The highest BCUT2D eigenvalue weighted by Gasteiger charge is 2.33. The van der Waals surface area contributed by atoms with Gasteiger partial charge in [0.1, 0.15) is 5.52 Å². The van der Waals surface area contributed by atoms with E-state index in [0.717, 1.165) is 0 Å². The molecule has 2 aromatic heterocycles. The maximum absolute atomic E-state index is 11.7. The number of hydrogen-bond acceptors (Lipinski definition) is 2. The zero-order valence-corrected chi connectivity index (χ0v) is 9.95. The number of halogens is 3. The Kier molecular flexibility index (Phi) is 2.74. The Morgan fingerprint density at radius 3 is 2.56 bits per heavy atom. The number of ketones is 1. The van der Waals surface area contributed by atoms with Crippen LogP contribution < -0.4 is 5.56 Å². The minimum atomic E-state index is -2.03. The molecule has 0 amide bonds. The molecule has 0 aliphatic carbocycles. The topological polar surface area (TPSA) is 65.7 Å². The molecule has 0 unspecified atom stereocenters. The predicted octanol–water partition coefficient (Wildman–Crippen LogP) is 2.41. The van der Waals surface area contributed by atoms with Crippen molar-refractivity contribution in [1.29, 1.82) is 0 Å². The normalized spacial score (nSPS) is 11.9. The van der Waals surface area contributed by atoms with E-state index in [1.54, 1.807) is 6.07 Å². The van der Waals surface area contributed by atoms with Crippen molar-refractivity contribution in [1.82, 2.24) is 9.97 Å². The van der Waals surface area contributed by atoms with Crippen LogP contribution in [-0.2, 0) is 0 Å². The first-order valence-electron chi connectivity index (χ1n) is 4.21. The summed E-state index contributed by atoms with van der Waals surface area (Å²) in [5.74, 6) is -0.672. The highest BCUT2D eigenvalue weighted by Crippen LogP contribution is 2.32. The van der Waals surface area contributed by atoms with Gasteiger partial charge in [0.15, 0.2) is 0 Å². The van der Waals surface area contributed by atoms with Crippen molar-refractivity contribution in [2.24, 2.45) is 0 Å². The largest absolute Gasteiger partial charge is 0.356 e. The van der Waals surface area contributed by atoms with Gasteiger partial charge in [-0.1, -0.05) is 34.8 Å². The molecule has 0 saturated carbocycles. The van der Waals surface area contributed by atoms with E-state index in [0.29, 0.717) is 5.39 Å². The van der Waals surface area contributed by atoms with Gasteiger partial charge in [-0.25, -0.2) is 0 Å². The maximum Gasteiger partial charge on any atom is 0.272 e. The summed E-state index contributed by atoms with van der Waals surface area (Å²) in [7, 11) is 0.